The van der Waals surface area contributed by atoms with Gasteiger partial charge in [0.2, 0.25) is 5.91 Å². The molecule has 0 radical (unpaired) electrons. The summed E-state index contributed by atoms with van der Waals surface area (Å²) in [4.78, 5) is 11.5. The van der Waals surface area contributed by atoms with Gasteiger partial charge < -0.3 is 9.50 Å². The van der Waals surface area contributed by atoms with Crippen molar-refractivity contribution in [2.45, 2.75) is 31.6 Å². The summed E-state index contributed by atoms with van der Waals surface area (Å²) in [5, 5.41) is 2.75. The highest BCUT2D eigenvalue weighted by molar-refractivity contribution is 7.87. The van der Waals surface area contributed by atoms with Crippen LogP contribution in [0.15, 0.2) is 41.3 Å². The van der Waals surface area contributed by atoms with Crippen molar-refractivity contribution in [3.05, 3.63) is 53.1 Å². The molecule has 5 nitrogen and oxygen atoms in total. The van der Waals surface area contributed by atoms with Gasteiger partial charge >= 0.3 is 10.1 Å². The number of fused-ring (bicyclic) bond motifs is 1. The van der Waals surface area contributed by atoms with Crippen LogP contribution in [-0.2, 0) is 21.3 Å². The molecule has 3 rings (SSSR count). The maximum Gasteiger partial charge on any atom is 0.339 e. The molecule has 1 amide bonds. The van der Waals surface area contributed by atoms with E-state index in [9.17, 15) is 13.2 Å². The fourth-order valence-corrected chi connectivity index (χ4v) is 3.80. The van der Waals surface area contributed by atoms with Crippen molar-refractivity contribution in [1.29, 1.82) is 0 Å². The van der Waals surface area contributed by atoms with E-state index >= 15 is 0 Å². The average Bonchev–Trinajstić information content (AvgIpc) is 2.49. The number of rotatable bonds is 3. The molecule has 0 aliphatic carbocycles. The van der Waals surface area contributed by atoms with Crippen molar-refractivity contribution in [1.82, 2.24) is 0 Å². The van der Waals surface area contributed by atoms with Gasteiger partial charge in [-0.1, -0.05) is 12.1 Å². The van der Waals surface area contributed by atoms with Crippen LogP contribution in [-0.4, -0.2) is 14.3 Å². The van der Waals surface area contributed by atoms with Crippen LogP contribution in [0.1, 0.15) is 23.1 Å². The van der Waals surface area contributed by atoms with Gasteiger partial charge in [0.25, 0.3) is 0 Å². The van der Waals surface area contributed by atoms with E-state index in [0.29, 0.717) is 24.1 Å². The van der Waals surface area contributed by atoms with Gasteiger partial charge in [-0.25, -0.2) is 0 Å². The lowest BCUT2D eigenvalue weighted by Gasteiger charge is -2.17. The molecular weight excluding hydrogens is 314 g/mol. The summed E-state index contributed by atoms with van der Waals surface area (Å²) in [6.07, 6.45) is 0.960. The van der Waals surface area contributed by atoms with E-state index in [1.807, 2.05) is 13.0 Å². The summed E-state index contributed by atoms with van der Waals surface area (Å²) in [5.41, 5.74) is 3.07. The molecule has 1 heterocycles. The third-order valence-electron chi connectivity index (χ3n) is 3.79. The topological polar surface area (TPSA) is 72.5 Å². The molecule has 0 aromatic heterocycles. The second-order valence-corrected chi connectivity index (χ2v) is 7.19. The molecule has 1 N–H and O–H groups in total. The first-order valence-electron chi connectivity index (χ1n) is 7.30. The zero-order valence-corrected chi connectivity index (χ0v) is 13.7. The Labute approximate surface area is 135 Å². The van der Waals surface area contributed by atoms with Gasteiger partial charge in [-0.3, -0.25) is 4.79 Å². The maximum absolute atomic E-state index is 12.5. The molecule has 1 aliphatic heterocycles. The molecule has 0 saturated carbocycles. The monoisotopic (exact) mass is 331 g/mol. The number of nitrogens with one attached hydrogen (secondary N) is 1. The van der Waals surface area contributed by atoms with Crippen molar-refractivity contribution < 1.29 is 17.4 Å². The van der Waals surface area contributed by atoms with E-state index in [4.69, 9.17) is 4.18 Å². The van der Waals surface area contributed by atoms with E-state index in [0.717, 1.165) is 11.1 Å². The van der Waals surface area contributed by atoms with E-state index in [-0.39, 0.29) is 16.6 Å². The number of amides is 1. The second kappa shape index (κ2) is 5.70. The number of hydrogen-bond donors (Lipinski definition) is 1. The Kier molecular flexibility index (Phi) is 3.85. The van der Waals surface area contributed by atoms with Crippen LogP contribution in [0.4, 0.5) is 5.69 Å². The normalized spacial score (nSPS) is 14.1. The van der Waals surface area contributed by atoms with Crippen LogP contribution in [0.5, 0.6) is 5.75 Å². The lowest BCUT2D eigenvalue weighted by atomic mass is 10.0. The molecule has 2 aromatic rings. The van der Waals surface area contributed by atoms with Gasteiger partial charge in [0.15, 0.2) is 0 Å². The third-order valence-corrected chi connectivity index (χ3v) is 5.18. The SMILES string of the molecule is Cc1ccc(C)c(S(=O)(=O)Oc2ccc3c(c2)CCC(=O)N3)c1. The summed E-state index contributed by atoms with van der Waals surface area (Å²) in [6, 6.07) is 10.1. The lowest BCUT2D eigenvalue weighted by Crippen LogP contribution is -2.19. The Hall–Kier alpha value is -2.34. The Morgan fingerprint density at radius 2 is 1.83 bits per heavy atom. The minimum absolute atomic E-state index is 0.0332. The molecule has 120 valence electrons. The second-order valence-electron chi connectivity index (χ2n) is 5.67. The predicted molar refractivity (Wildman–Crippen MR) is 87.1 cm³/mol. The fraction of sp³-hybridized carbons (Fsp3) is 0.235. The van der Waals surface area contributed by atoms with E-state index in [1.54, 1.807) is 37.3 Å². The molecule has 23 heavy (non-hydrogen) atoms. The van der Waals surface area contributed by atoms with Crippen LogP contribution in [0.25, 0.3) is 0 Å². The zero-order chi connectivity index (χ0) is 16.6. The third kappa shape index (κ3) is 3.22. The first-order chi connectivity index (χ1) is 10.8. The van der Waals surface area contributed by atoms with Crippen LogP contribution in [0.2, 0.25) is 0 Å². The molecular formula is C17H17NO4S. The first-order valence-corrected chi connectivity index (χ1v) is 8.70. The highest BCUT2D eigenvalue weighted by atomic mass is 32.2. The zero-order valence-electron chi connectivity index (χ0n) is 12.9. The smallest absolute Gasteiger partial charge is 0.339 e. The minimum atomic E-state index is -3.89. The summed E-state index contributed by atoms with van der Waals surface area (Å²) < 4.78 is 30.3. The number of carbonyl (C=O) groups excluding carboxylic acids is 1. The maximum atomic E-state index is 12.5. The van der Waals surface area contributed by atoms with Crippen LogP contribution >= 0.6 is 0 Å². The van der Waals surface area contributed by atoms with Gasteiger partial charge in [0.1, 0.15) is 10.6 Å². The first kappa shape index (κ1) is 15.6. The number of carbonyl (C=O) groups is 1. The number of anilines is 1. The number of hydrogen-bond acceptors (Lipinski definition) is 4. The lowest BCUT2D eigenvalue weighted by molar-refractivity contribution is -0.116. The Morgan fingerprint density at radius 3 is 2.61 bits per heavy atom. The van der Waals surface area contributed by atoms with Crippen LogP contribution in [0.3, 0.4) is 0 Å². The molecule has 1 aliphatic rings. The molecule has 0 spiro atoms. The summed E-state index contributed by atoms with van der Waals surface area (Å²) in [6.45, 7) is 3.57. The summed E-state index contributed by atoms with van der Waals surface area (Å²) in [7, 11) is -3.89. The van der Waals surface area contributed by atoms with Gasteiger partial charge in [-0.15, -0.1) is 0 Å². The van der Waals surface area contributed by atoms with Crippen molar-refractivity contribution in [2.24, 2.45) is 0 Å². The highest BCUT2D eigenvalue weighted by Gasteiger charge is 2.21. The molecule has 0 fully saturated rings. The average molecular weight is 331 g/mol. The molecule has 0 bridgehead atoms. The van der Waals surface area contributed by atoms with Crippen LogP contribution < -0.4 is 9.50 Å². The van der Waals surface area contributed by atoms with Gasteiger partial charge in [-0.05, 0) is 61.2 Å². The molecule has 0 saturated heterocycles. The van der Waals surface area contributed by atoms with E-state index in [1.165, 1.54) is 0 Å². The summed E-state index contributed by atoms with van der Waals surface area (Å²) in [5.74, 6) is 0.218. The molecule has 6 heteroatoms. The molecule has 0 atom stereocenters. The van der Waals surface area contributed by atoms with Crippen LogP contribution in [0, 0.1) is 13.8 Å². The van der Waals surface area contributed by atoms with Crippen molar-refractivity contribution in [3.63, 3.8) is 0 Å². The Morgan fingerprint density at radius 1 is 1.04 bits per heavy atom. The van der Waals surface area contributed by atoms with Gasteiger partial charge in [0.05, 0.1) is 0 Å². The largest absolute Gasteiger partial charge is 0.379 e. The number of benzene rings is 2. The highest BCUT2D eigenvalue weighted by Crippen LogP contribution is 2.29. The minimum Gasteiger partial charge on any atom is -0.379 e. The quantitative estimate of drug-likeness (QED) is 0.878. The standard InChI is InChI=1S/C17H17NO4S/c1-11-3-4-12(2)16(9-11)23(20,21)22-14-6-7-15-13(10-14)5-8-17(19)18-15/h3-4,6-7,9-10H,5,8H2,1-2H3,(H,18,19). The fourth-order valence-electron chi connectivity index (χ4n) is 2.56. The van der Waals surface area contributed by atoms with Crippen molar-refractivity contribution >= 4 is 21.7 Å². The van der Waals surface area contributed by atoms with Crippen molar-refractivity contribution in [3.8, 4) is 5.75 Å². The predicted octanol–water partition coefficient (Wildman–Crippen LogP) is 2.96. The Balaban J connectivity index is 1.92. The number of aryl methyl sites for hydroxylation is 3. The Bertz CT molecular complexity index is 887. The summed E-state index contributed by atoms with van der Waals surface area (Å²) >= 11 is 0. The van der Waals surface area contributed by atoms with Crippen molar-refractivity contribution in [2.75, 3.05) is 5.32 Å². The van der Waals surface area contributed by atoms with Gasteiger partial charge in [0, 0.05) is 12.1 Å². The van der Waals surface area contributed by atoms with E-state index < -0.39 is 10.1 Å². The molecule has 0 unspecified atom stereocenters. The van der Waals surface area contributed by atoms with E-state index in [2.05, 4.69) is 5.32 Å². The molecule has 2 aromatic carbocycles. The van der Waals surface area contributed by atoms with Gasteiger partial charge in [-0.2, -0.15) is 8.42 Å².